The molecule has 9 heteroatoms. The van der Waals surface area contributed by atoms with Gasteiger partial charge in [0.05, 0.1) is 18.2 Å². The van der Waals surface area contributed by atoms with Crippen molar-refractivity contribution >= 4 is 17.8 Å². The zero-order chi connectivity index (χ0) is 21.3. The van der Waals surface area contributed by atoms with Gasteiger partial charge in [-0.25, -0.2) is 0 Å². The molecule has 2 amide bonds. The van der Waals surface area contributed by atoms with E-state index in [0.717, 1.165) is 4.90 Å². The molecule has 0 unspecified atom stereocenters. The van der Waals surface area contributed by atoms with Crippen molar-refractivity contribution in [3.05, 3.63) is 65.5 Å². The highest BCUT2D eigenvalue weighted by Crippen LogP contribution is 2.25. The van der Waals surface area contributed by atoms with Gasteiger partial charge in [-0.2, -0.15) is 0 Å². The summed E-state index contributed by atoms with van der Waals surface area (Å²) < 4.78 is 16.0. The number of hydrogen-bond acceptors (Lipinski definition) is 8. The average molecular weight is 407 g/mol. The van der Waals surface area contributed by atoms with Gasteiger partial charge in [0.15, 0.2) is 6.10 Å². The summed E-state index contributed by atoms with van der Waals surface area (Å²) in [6.07, 6.45) is -0.854. The molecular formula is C21H17N3O6. The molecule has 0 aliphatic carbocycles. The predicted octanol–water partition coefficient (Wildman–Crippen LogP) is 2.65. The Balaban J connectivity index is 1.40. The zero-order valence-electron chi connectivity index (χ0n) is 16.2. The molecule has 4 rings (SSSR count). The maximum Gasteiger partial charge on any atom is 0.326 e. The highest BCUT2D eigenvalue weighted by atomic mass is 16.6. The van der Waals surface area contributed by atoms with Gasteiger partial charge in [0, 0.05) is 5.56 Å². The first-order valence-electron chi connectivity index (χ1n) is 9.10. The van der Waals surface area contributed by atoms with E-state index in [2.05, 4.69) is 10.2 Å². The van der Waals surface area contributed by atoms with Crippen molar-refractivity contribution in [1.82, 2.24) is 15.1 Å². The average Bonchev–Trinajstić information content (AvgIpc) is 3.34. The maximum absolute atomic E-state index is 12.4. The second-order valence-electron chi connectivity index (χ2n) is 6.55. The fraction of sp³-hybridized carbons (Fsp3) is 0.190. The van der Waals surface area contributed by atoms with Crippen molar-refractivity contribution in [2.75, 3.05) is 13.7 Å². The monoisotopic (exact) mass is 407 g/mol. The van der Waals surface area contributed by atoms with Crippen LogP contribution in [0.2, 0.25) is 0 Å². The van der Waals surface area contributed by atoms with E-state index in [4.69, 9.17) is 13.9 Å². The molecule has 1 atom stereocenters. The van der Waals surface area contributed by atoms with E-state index in [9.17, 15) is 14.4 Å². The van der Waals surface area contributed by atoms with Gasteiger partial charge in [-0.15, -0.1) is 10.2 Å². The van der Waals surface area contributed by atoms with Gasteiger partial charge < -0.3 is 13.9 Å². The summed E-state index contributed by atoms with van der Waals surface area (Å²) in [5, 5.41) is 7.87. The molecule has 0 spiro atoms. The van der Waals surface area contributed by atoms with E-state index >= 15 is 0 Å². The van der Waals surface area contributed by atoms with Crippen LogP contribution in [0.25, 0.3) is 11.5 Å². The van der Waals surface area contributed by atoms with E-state index in [0.29, 0.717) is 11.3 Å². The Bertz CT molecular complexity index is 1090. The van der Waals surface area contributed by atoms with Gasteiger partial charge in [-0.05, 0) is 43.3 Å². The molecule has 1 aliphatic rings. The number of nitrogens with zero attached hydrogens (tertiary/aromatic N) is 3. The number of ether oxygens (including phenoxy) is 2. The van der Waals surface area contributed by atoms with Crippen molar-refractivity contribution in [2.45, 2.75) is 13.0 Å². The number of amides is 2. The molecule has 3 aromatic rings. The second kappa shape index (κ2) is 7.78. The minimum Gasteiger partial charge on any atom is -0.497 e. The molecule has 9 nitrogen and oxygen atoms in total. The van der Waals surface area contributed by atoms with E-state index in [1.165, 1.54) is 0 Å². The van der Waals surface area contributed by atoms with E-state index in [1.54, 1.807) is 62.6 Å². The summed E-state index contributed by atoms with van der Waals surface area (Å²) in [5.41, 5.74) is 1.22. The summed E-state index contributed by atoms with van der Waals surface area (Å²) in [6.45, 7) is 1.06. The second-order valence-corrected chi connectivity index (χ2v) is 6.55. The molecule has 152 valence electrons. The molecule has 0 fully saturated rings. The number of fused-ring (bicyclic) bond motifs is 1. The van der Waals surface area contributed by atoms with Gasteiger partial charge in [-0.1, -0.05) is 12.1 Å². The highest BCUT2D eigenvalue weighted by molar-refractivity contribution is 6.22. The summed E-state index contributed by atoms with van der Waals surface area (Å²) >= 11 is 0. The Morgan fingerprint density at radius 2 is 1.67 bits per heavy atom. The highest BCUT2D eigenvalue weighted by Gasteiger charge is 2.37. The van der Waals surface area contributed by atoms with Crippen molar-refractivity contribution < 1.29 is 28.3 Å². The van der Waals surface area contributed by atoms with E-state index in [-0.39, 0.29) is 22.9 Å². The largest absolute Gasteiger partial charge is 0.497 e. The van der Waals surface area contributed by atoms with Gasteiger partial charge in [0.1, 0.15) is 12.3 Å². The number of rotatable bonds is 6. The molecule has 2 aromatic carbocycles. The number of hydrogen-bond donors (Lipinski definition) is 0. The summed E-state index contributed by atoms with van der Waals surface area (Å²) in [6, 6.07) is 13.4. The molecule has 1 aromatic heterocycles. The van der Waals surface area contributed by atoms with E-state index in [1.807, 2.05) is 0 Å². The summed E-state index contributed by atoms with van der Waals surface area (Å²) in [5.74, 6) is -0.776. The van der Waals surface area contributed by atoms with Gasteiger partial charge in [0.2, 0.25) is 5.89 Å². The van der Waals surface area contributed by atoms with Crippen molar-refractivity contribution in [1.29, 1.82) is 0 Å². The number of aromatic nitrogens is 2. The lowest BCUT2D eigenvalue weighted by molar-refractivity contribution is -0.149. The maximum atomic E-state index is 12.4. The minimum absolute atomic E-state index is 0.0940. The summed E-state index contributed by atoms with van der Waals surface area (Å²) in [4.78, 5) is 37.9. The lowest BCUT2D eigenvalue weighted by Crippen LogP contribution is -2.36. The Morgan fingerprint density at radius 3 is 2.27 bits per heavy atom. The van der Waals surface area contributed by atoms with Crippen LogP contribution in [0.3, 0.4) is 0 Å². The normalized spacial score (nSPS) is 13.9. The van der Waals surface area contributed by atoms with Gasteiger partial charge in [0.25, 0.3) is 17.7 Å². The first kappa shape index (κ1) is 19.3. The van der Waals surface area contributed by atoms with Gasteiger partial charge >= 0.3 is 5.97 Å². The number of carbonyl (C=O) groups is 3. The quantitative estimate of drug-likeness (QED) is 0.453. The smallest absolute Gasteiger partial charge is 0.326 e. The number of esters is 1. The third kappa shape index (κ3) is 3.52. The standard InChI is InChI=1S/C21H17N3O6/c1-12(18-22-23-19(30-18)13-7-9-14(28-2)10-8-13)29-17(25)11-24-20(26)15-5-3-4-6-16(15)21(24)27/h3-10,12H,11H2,1-2H3/t12-/m1/s1. The number of carbonyl (C=O) groups excluding carboxylic acids is 3. The van der Waals surface area contributed by atoms with Crippen molar-refractivity contribution in [2.24, 2.45) is 0 Å². The topological polar surface area (TPSA) is 112 Å². The van der Waals surface area contributed by atoms with Crippen LogP contribution in [0.15, 0.2) is 52.9 Å². The molecule has 0 radical (unpaired) electrons. The van der Waals surface area contributed by atoms with E-state index < -0.39 is 30.4 Å². The molecule has 2 heterocycles. The van der Waals surface area contributed by atoms with Crippen LogP contribution >= 0.6 is 0 Å². The summed E-state index contributed by atoms with van der Waals surface area (Å²) in [7, 11) is 1.57. The number of imide groups is 1. The SMILES string of the molecule is COc1ccc(-c2nnc([C@@H](C)OC(=O)CN3C(=O)c4ccccc4C3=O)o2)cc1. The third-order valence-corrected chi connectivity index (χ3v) is 4.60. The van der Waals surface area contributed by atoms with Crippen molar-refractivity contribution in [3.63, 3.8) is 0 Å². The van der Waals surface area contributed by atoms with Crippen molar-refractivity contribution in [3.8, 4) is 17.2 Å². The predicted molar refractivity (Wildman–Crippen MR) is 103 cm³/mol. The first-order chi connectivity index (χ1) is 14.5. The molecule has 1 aliphatic heterocycles. The van der Waals surface area contributed by atoms with Crippen LogP contribution in [0.1, 0.15) is 39.6 Å². The van der Waals surface area contributed by atoms with Crippen LogP contribution in [0.4, 0.5) is 0 Å². The molecule has 0 saturated heterocycles. The Kier molecular flexibility index (Phi) is 5.01. The van der Waals surface area contributed by atoms with Crippen LogP contribution in [0, 0.1) is 0 Å². The first-order valence-corrected chi connectivity index (χ1v) is 9.10. The molecule has 0 saturated carbocycles. The molecule has 30 heavy (non-hydrogen) atoms. The molecule has 0 bridgehead atoms. The fourth-order valence-corrected chi connectivity index (χ4v) is 3.05. The van der Waals surface area contributed by atoms with Crippen LogP contribution in [-0.2, 0) is 9.53 Å². The lowest BCUT2D eigenvalue weighted by Gasteiger charge is -2.15. The number of methoxy groups -OCH3 is 1. The van der Waals surface area contributed by atoms with Crippen LogP contribution in [0.5, 0.6) is 5.75 Å². The molecule has 0 N–H and O–H groups in total. The van der Waals surface area contributed by atoms with Gasteiger partial charge in [-0.3, -0.25) is 19.3 Å². The minimum atomic E-state index is -0.854. The number of benzene rings is 2. The Hall–Kier alpha value is -4.01. The van der Waals surface area contributed by atoms with Crippen LogP contribution in [-0.4, -0.2) is 46.5 Å². The molecular weight excluding hydrogens is 390 g/mol. The lowest BCUT2D eigenvalue weighted by atomic mass is 10.1. The van der Waals surface area contributed by atoms with Crippen LogP contribution < -0.4 is 4.74 Å². The third-order valence-electron chi connectivity index (χ3n) is 4.60. The Labute approximate surface area is 171 Å². The Morgan fingerprint density at radius 1 is 1.03 bits per heavy atom. The zero-order valence-corrected chi connectivity index (χ0v) is 16.2. The fourth-order valence-electron chi connectivity index (χ4n) is 3.05.